The minimum Gasteiger partial charge on any atom is -0.497 e. The molecule has 0 N–H and O–H groups in total. The number of carbonyl (C=O) groups is 2. The van der Waals surface area contributed by atoms with Gasteiger partial charge in [-0.05, 0) is 40.8 Å². The number of rotatable bonds is 10. The summed E-state index contributed by atoms with van der Waals surface area (Å²) in [5.41, 5.74) is 1.99. The third kappa shape index (κ3) is 8.11. The summed E-state index contributed by atoms with van der Waals surface area (Å²) in [6, 6.07) is 13.3. The van der Waals surface area contributed by atoms with Crippen molar-refractivity contribution in [2.45, 2.75) is 39.7 Å². The maximum absolute atomic E-state index is 13.9. The Hall–Kier alpha value is -3.83. The average molecular weight is 566 g/mol. The number of ether oxygens (including phenoxy) is 2. The van der Waals surface area contributed by atoms with Crippen LogP contribution in [0.5, 0.6) is 5.75 Å². The van der Waals surface area contributed by atoms with Crippen LogP contribution in [-0.4, -0.2) is 90.3 Å². The topological polar surface area (TPSA) is 118 Å². The third-order valence-corrected chi connectivity index (χ3v) is 7.23. The van der Waals surface area contributed by atoms with Gasteiger partial charge in [0.25, 0.3) is 11.6 Å². The molecule has 0 spiro atoms. The molecular weight excluding hydrogens is 526 g/mol. The number of nitrogens with zero attached hydrogens (tertiary/aromatic N) is 5. The first-order chi connectivity index (χ1) is 19.5. The molecule has 4 rings (SSSR count). The van der Waals surface area contributed by atoms with E-state index >= 15 is 0 Å². The molecule has 2 aromatic rings. The summed E-state index contributed by atoms with van der Waals surface area (Å²) in [7, 11) is 1.59. The van der Waals surface area contributed by atoms with Gasteiger partial charge in [-0.2, -0.15) is 5.10 Å². The number of morpholine rings is 1. The smallest absolute Gasteiger partial charge is 0.269 e. The van der Waals surface area contributed by atoms with Crippen molar-refractivity contribution in [2.24, 2.45) is 10.5 Å². The molecule has 0 aliphatic carbocycles. The van der Waals surface area contributed by atoms with Gasteiger partial charge in [0.15, 0.2) is 0 Å². The minimum absolute atomic E-state index is 0.0137. The van der Waals surface area contributed by atoms with Gasteiger partial charge in [-0.3, -0.25) is 24.6 Å². The molecule has 2 heterocycles. The van der Waals surface area contributed by atoms with Gasteiger partial charge in [0.2, 0.25) is 5.91 Å². The van der Waals surface area contributed by atoms with Crippen LogP contribution >= 0.6 is 0 Å². The van der Waals surface area contributed by atoms with Crippen molar-refractivity contribution in [3.8, 4) is 5.75 Å². The zero-order valence-electron chi connectivity index (χ0n) is 24.2. The quantitative estimate of drug-likeness (QED) is 0.317. The van der Waals surface area contributed by atoms with Gasteiger partial charge in [-0.15, -0.1) is 0 Å². The van der Waals surface area contributed by atoms with Gasteiger partial charge in [-0.1, -0.05) is 32.9 Å². The largest absolute Gasteiger partial charge is 0.497 e. The van der Waals surface area contributed by atoms with Crippen LogP contribution in [0.15, 0.2) is 53.6 Å². The van der Waals surface area contributed by atoms with Gasteiger partial charge in [0.1, 0.15) is 12.3 Å². The molecule has 11 heteroatoms. The predicted octanol–water partition coefficient (Wildman–Crippen LogP) is 3.88. The van der Waals surface area contributed by atoms with E-state index in [-0.39, 0.29) is 29.5 Å². The number of hydrazone groups is 1. The molecule has 1 fully saturated rings. The van der Waals surface area contributed by atoms with E-state index in [4.69, 9.17) is 14.6 Å². The Morgan fingerprint density at radius 3 is 2.34 bits per heavy atom. The Kier molecular flexibility index (Phi) is 9.72. The van der Waals surface area contributed by atoms with Crippen LogP contribution in [0.25, 0.3) is 0 Å². The van der Waals surface area contributed by atoms with Crippen LogP contribution in [0.3, 0.4) is 0 Å². The normalized spacial score (nSPS) is 17.7. The van der Waals surface area contributed by atoms with Crippen LogP contribution in [0, 0.1) is 15.5 Å². The number of amides is 2. The van der Waals surface area contributed by atoms with E-state index in [1.807, 2.05) is 45.0 Å². The molecule has 1 atom stereocenters. The van der Waals surface area contributed by atoms with Gasteiger partial charge in [0.05, 0.1) is 37.0 Å². The number of nitro groups is 1. The van der Waals surface area contributed by atoms with Crippen LogP contribution in [0.4, 0.5) is 5.69 Å². The van der Waals surface area contributed by atoms with Crippen LogP contribution in [0.1, 0.15) is 50.8 Å². The van der Waals surface area contributed by atoms with E-state index in [1.165, 1.54) is 17.1 Å². The third-order valence-electron chi connectivity index (χ3n) is 7.23. The van der Waals surface area contributed by atoms with Crippen molar-refractivity contribution < 1.29 is 24.0 Å². The fourth-order valence-electron chi connectivity index (χ4n) is 4.96. The first-order valence-corrected chi connectivity index (χ1v) is 13.9. The summed E-state index contributed by atoms with van der Waals surface area (Å²) in [5, 5.41) is 17.3. The number of non-ortho nitro benzene ring substituents is 1. The number of benzene rings is 2. The number of hydrogen-bond acceptors (Lipinski definition) is 8. The van der Waals surface area contributed by atoms with Gasteiger partial charge in [-0.25, -0.2) is 5.01 Å². The van der Waals surface area contributed by atoms with Crippen molar-refractivity contribution in [1.29, 1.82) is 0 Å². The Morgan fingerprint density at radius 2 is 1.76 bits per heavy atom. The fraction of sp³-hybridized carbons (Fsp3) is 0.500. The lowest BCUT2D eigenvalue weighted by atomic mass is 9.91. The molecule has 0 unspecified atom stereocenters. The molecule has 220 valence electrons. The van der Waals surface area contributed by atoms with Crippen LogP contribution < -0.4 is 4.74 Å². The van der Waals surface area contributed by atoms with Crippen molar-refractivity contribution in [1.82, 2.24) is 14.8 Å². The molecule has 2 amide bonds. The highest BCUT2D eigenvalue weighted by molar-refractivity contribution is 6.03. The van der Waals surface area contributed by atoms with Crippen molar-refractivity contribution in [2.75, 3.05) is 53.0 Å². The highest BCUT2D eigenvalue weighted by Gasteiger charge is 2.35. The van der Waals surface area contributed by atoms with E-state index in [2.05, 4.69) is 4.90 Å². The molecule has 0 saturated carbocycles. The highest BCUT2D eigenvalue weighted by atomic mass is 16.6. The molecule has 0 aromatic heterocycles. The summed E-state index contributed by atoms with van der Waals surface area (Å²) >= 11 is 0. The second-order valence-electron chi connectivity index (χ2n) is 11.6. The average Bonchev–Trinajstić information content (AvgIpc) is 3.40. The Labute approximate surface area is 240 Å². The van der Waals surface area contributed by atoms with Crippen molar-refractivity contribution >= 4 is 23.2 Å². The second-order valence-corrected chi connectivity index (χ2v) is 11.6. The Balaban J connectivity index is 1.58. The summed E-state index contributed by atoms with van der Waals surface area (Å²) in [6.45, 7) is 9.93. The van der Waals surface area contributed by atoms with Gasteiger partial charge < -0.3 is 14.4 Å². The lowest BCUT2D eigenvalue weighted by Crippen LogP contribution is -2.47. The summed E-state index contributed by atoms with van der Waals surface area (Å²) in [4.78, 5) is 41.8. The lowest BCUT2D eigenvalue weighted by Gasteiger charge is -2.32. The summed E-state index contributed by atoms with van der Waals surface area (Å²) < 4.78 is 10.7. The molecule has 41 heavy (non-hydrogen) atoms. The molecular formula is C30H39N5O6. The van der Waals surface area contributed by atoms with Crippen LogP contribution in [-0.2, 0) is 14.3 Å². The lowest BCUT2D eigenvalue weighted by molar-refractivity contribution is -0.384. The number of hydrogen-bond donors (Lipinski definition) is 0. The first kappa shape index (κ1) is 30.1. The molecule has 2 aliphatic heterocycles. The second kappa shape index (κ2) is 13.2. The van der Waals surface area contributed by atoms with E-state index in [0.29, 0.717) is 56.2 Å². The van der Waals surface area contributed by atoms with E-state index in [0.717, 1.165) is 18.7 Å². The van der Waals surface area contributed by atoms with E-state index in [1.54, 1.807) is 24.1 Å². The first-order valence-electron chi connectivity index (χ1n) is 13.9. The number of nitro benzene ring substituents is 1. The SMILES string of the molecule is COc1ccc([C@H]2CC(c3ccc([N+](=O)[O-])cc3)=NN2C(=O)CN(CCN2CCOCC2)C(=O)CC(C)(C)C)cc1. The molecule has 11 nitrogen and oxygen atoms in total. The standard InChI is InChI=1S/C30H39N5O6/c1-30(2,3)20-28(36)33(14-13-32-15-17-41-18-16-32)21-29(37)34-27(23-7-11-25(40-4)12-8-23)19-26(31-34)22-5-9-24(10-6-22)35(38)39/h5-12,27H,13-21H2,1-4H3/t27-/m1/s1. The maximum atomic E-state index is 13.9. The van der Waals surface area contributed by atoms with Gasteiger partial charge in [0, 0.05) is 51.2 Å². The Bertz CT molecular complexity index is 1250. The predicted molar refractivity (Wildman–Crippen MR) is 155 cm³/mol. The molecule has 0 radical (unpaired) electrons. The summed E-state index contributed by atoms with van der Waals surface area (Å²) in [6.07, 6.45) is 0.752. The fourth-order valence-corrected chi connectivity index (χ4v) is 4.96. The number of carbonyl (C=O) groups excluding carboxylic acids is 2. The minimum atomic E-state index is -0.448. The summed E-state index contributed by atoms with van der Waals surface area (Å²) in [5.74, 6) is 0.342. The highest BCUT2D eigenvalue weighted by Crippen LogP contribution is 2.34. The van der Waals surface area contributed by atoms with E-state index in [9.17, 15) is 19.7 Å². The monoisotopic (exact) mass is 565 g/mol. The molecule has 2 aromatic carbocycles. The molecule has 1 saturated heterocycles. The zero-order chi connectivity index (χ0) is 29.6. The van der Waals surface area contributed by atoms with E-state index < -0.39 is 11.0 Å². The molecule has 0 bridgehead atoms. The number of methoxy groups -OCH3 is 1. The van der Waals surface area contributed by atoms with Crippen molar-refractivity contribution in [3.63, 3.8) is 0 Å². The zero-order valence-corrected chi connectivity index (χ0v) is 24.2. The maximum Gasteiger partial charge on any atom is 0.269 e. The Morgan fingerprint density at radius 1 is 1.10 bits per heavy atom. The van der Waals surface area contributed by atoms with Crippen molar-refractivity contribution in [3.05, 3.63) is 69.8 Å². The van der Waals surface area contributed by atoms with Gasteiger partial charge >= 0.3 is 0 Å². The van der Waals surface area contributed by atoms with Crippen LogP contribution in [0.2, 0.25) is 0 Å². The molecule has 2 aliphatic rings.